The first kappa shape index (κ1) is 84.9. The van der Waals surface area contributed by atoms with Crippen LogP contribution in [0.2, 0.25) is 0 Å². The number of rotatable bonds is 12. The summed E-state index contributed by atoms with van der Waals surface area (Å²) >= 11 is 20.9. The number of hydrogen-bond donors (Lipinski definition) is 7. The highest BCUT2D eigenvalue weighted by Gasteiger charge is 2.36. The molecular formula is C78H80F12N14O3S4. The molecular weight excluding hydrogens is 1540 g/mol. The molecule has 4 aliphatic heterocycles. The summed E-state index contributed by atoms with van der Waals surface area (Å²) in [6, 6.07) is 33.2. The average Bonchev–Trinajstić information content (AvgIpc) is 1.24. The highest BCUT2D eigenvalue weighted by molar-refractivity contribution is 7.81. The predicted octanol–water partition coefficient (Wildman–Crippen LogP) is 18.9. The van der Waals surface area contributed by atoms with Crippen LogP contribution in [0.5, 0.6) is 0 Å². The van der Waals surface area contributed by atoms with E-state index in [0.717, 1.165) is 202 Å². The molecule has 8 aromatic rings. The van der Waals surface area contributed by atoms with Gasteiger partial charge in [-0.05, 0) is 210 Å². The standard InChI is InChI=1S/2C20H21F3N4OS.C19H19F3N4OS.C19H19F3N2S/c2*21-20(22,23)15-7-8-17(27-10-3-1-2-4-11-27)16(12-15)25-19(29)26-18(28)14-6-5-9-24-13-14;20-19(21,22)14-6-7-16(26-9-2-1-3-10-26)15(11-14)24-18(28)25-17(27)13-5-4-8-23-12-13;20-19(21,22)15-9-10-17(24-11-5-2-6-12-24)16(13-15)23-18(25)14-7-3-1-4-8-14/h2*5-9,12-13H,1-4,10-11H2,(H2,25,26,28,29);4-8,11-12H,1-3,9-10H2,(H2,24,25,27,28);1,3-4,7-10,13H,2,5-6,11-12H2,(H,23,25). The summed E-state index contributed by atoms with van der Waals surface area (Å²) in [4.78, 5) is 56.9. The van der Waals surface area contributed by atoms with Crippen LogP contribution in [0.3, 0.4) is 0 Å². The first-order valence-electron chi connectivity index (χ1n) is 35.8. The van der Waals surface area contributed by atoms with Gasteiger partial charge >= 0.3 is 24.7 Å². The smallest absolute Gasteiger partial charge is 0.370 e. The summed E-state index contributed by atoms with van der Waals surface area (Å²) in [7, 11) is 0. The Bertz CT molecular complexity index is 4300. The van der Waals surface area contributed by atoms with Crippen LogP contribution in [0.1, 0.15) is 149 Å². The van der Waals surface area contributed by atoms with Crippen molar-refractivity contribution in [2.24, 2.45) is 0 Å². The van der Waals surface area contributed by atoms with Crippen molar-refractivity contribution in [1.29, 1.82) is 0 Å². The fraction of sp³-hybridized carbons (Fsp3) is 0.333. The number of benzene rings is 5. The molecule has 12 rings (SSSR count). The number of nitrogens with one attached hydrogen (secondary N) is 7. The molecule has 588 valence electrons. The number of pyridine rings is 3. The van der Waals surface area contributed by atoms with Crippen LogP contribution in [0.15, 0.2) is 177 Å². The number of alkyl halides is 12. The molecule has 111 heavy (non-hydrogen) atoms. The van der Waals surface area contributed by atoms with Crippen LogP contribution in [0.25, 0.3) is 0 Å². The van der Waals surface area contributed by atoms with Gasteiger partial charge in [0.15, 0.2) is 15.3 Å². The van der Waals surface area contributed by atoms with Gasteiger partial charge in [-0.2, -0.15) is 52.7 Å². The van der Waals surface area contributed by atoms with E-state index in [1.54, 1.807) is 42.5 Å². The summed E-state index contributed by atoms with van der Waals surface area (Å²) in [5.41, 5.74) is 2.40. The van der Waals surface area contributed by atoms with Crippen molar-refractivity contribution in [3.63, 3.8) is 0 Å². The minimum absolute atomic E-state index is 0.0748. The number of aromatic nitrogens is 3. The molecule has 0 bridgehead atoms. The highest BCUT2D eigenvalue weighted by Crippen LogP contribution is 2.41. The second-order valence-electron chi connectivity index (χ2n) is 26.1. The summed E-state index contributed by atoms with van der Waals surface area (Å²) in [6.07, 6.45) is 5.49. The lowest BCUT2D eigenvalue weighted by molar-refractivity contribution is -0.138. The Morgan fingerprint density at radius 3 is 0.766 bits per heavy atom. The first-order valence-corrected chi connectivity index (χ1v) is 37.4. The SMILES string of the molecule is FC(F)(F)c1ccc(N2CCCCC2)c(NC(=S)c2ccccc2)c1.O=C(NC(=S)Nc1cc(C(F)(F)F)ccc1N1CCCCC1)c1cccnc1.O=C(NC(=S)Nc1cc(C(F)(F)F)ccc1N1CCCCCC1)c1cccnc1.O=C(NC(=S)Nc1cc(C(F)(F)F)ccc1N1CCCCCC1)c1cccnc1. The van der Waals surface area contributed by atoms with Gasteiger partial charge in [0.25, 0.3) is 17.7 Å². The van der Waals surface area contributed by atoms with E-state index in [2.05, 4.69) is 66.9 Å². The summed E-state index contributed by atoms with van der Waals surface area (Å²) in [5.74, 6) is -1.46. The van der Waals surface area contributed by atoms with Gasteiger partial charge in [-0.1, -0.05) is 68.2 Å². The van der Waals surface area contributed by atoms with Crippen molar-refractivity contribution in [2.45, 2.75) is 115 Å². The molecule has 0 spiro atoms. The number of carbonyl (C=O) groups excluding carboxylic acids is 3. The number of anilines is 8. The van der Waals surface area contributed by atoms with E-state index in [9.17, 15) is 67.1 Å². The molecule has 3 aromatic heterocycles. The highest BCUT2D eigenvalue weighted by atomic mass is 32.1. The summed E-state index contributed by atoms with van der Waals surface area (Å²) < 4.78 is 158. The number of thiocarbonyl (C=S) groups is 4. The van der Waals surface area contributed by atoms with E-state index >= 15 is 0 Å². The van der Waals surface area contributed by atoms with Gasteiger partial charge in [0.05, 0.1) is 84.4 Å². The fourth-order valence-corrected chi connectivity index (χ4v) is 13.4. The van der Waals surface area contributed by atoms with E-state index in [4.69, 9.17) is 48.9 Å². The third-order valence-electron chi connectivity index (χ3n) is 18.1. The van der Waals surface area contributed by atoms with Crippen molar-refractivity contribution in [3.8, 4) is 0 Å². The van der Waals surface area contributed by atoms with Crippen molar-refractivity contribution >= 4 is 132 Å². The number of piperidine rings is 2. The zero-order chi connectivity index (χ0) is 79.7. The van der Waals surface area contributed by atoms with Gasteiger partial charge in [0, 0.05) is 95.1 Å². The lowest BCUT2D eigenvalue weighted by Gasteiger charge is -2.31. The van der Waals surface area contributed by atoms with E-state index in [-0.39, 0.29) is 32.4 Å². The van der Waals surface area contributed by atoms with Crippen LogP contribution in [0.4, 0.5) is 98.2 Å². The number of halogens is 12. The van der Waals surface area contributed by atoms with E-state index in [0.29, 0.717) is 44.4 Å². The zero-order valence-corrected chi connectivity index (χ0v) is 63.1. The molecule has 0 aliphatic carbocycles. The molecule has 4 aliphatic rings. The predicted molar refractivity (Wildman–Crippen MR) is 425 cm³/mol. The van der Waals surface area contributed by atoms with Crippen molar-refractivity contribution in [1.82, 2.24) is 30.9 Å². The van der Waals surface area contributed by atoms with Crippen molar-refractivity contribution in [2.75, 3.05) is 93.2 Å². The molecule has 33 heteroatoms. The molecule has 0 unspecified atom stereocenters. The third-order valence-corrected chi connectivity index (χ3v) is 19.0. The van der Waals surface area contributed by atoms with Crippen LogP contribution >= 0.6 is 48.9 Å². The fourth-order valence-electron chi connectivity index (χ4n) is 12.5. The molecule has 4 fully saturated rings. The lowest BCUT2D eigenvalue weighted by Crippen LogP contribution is -2.35. The zero-order valence-electron chi connectivity index (χ0n) is 59.8. The van der Waals surface area contributed by atoms with E-state index in [1.807, 2.05) is 35.2 Å². The molecule has 0 atom stereocenters. The molecule has 0 radical (unpaired) electrons. The van der Waals surface area contributed by atoms with E-state index < -0.39 is 64.7 Å². The van der Waals surface area contributed by atoms with Crippen LogP contribution in [0, 0.1) is 0 Å². The number of amides is 3. The topological polar surface area (TPSA) is 187 Å². The summed E-state index contributed by atoms with van der Waals surface area (Å²) in [5, 5.41) is 18.6. The molecule has 7 heterocycles. The van der Waals surface area contributed by atoms with Crippen LogP contribution in [-0.2, 0) is 24.7 Å². The summed E-state index contributed by atoms with van der Waals surface area (Å²) in [6.45, 7) is 6.24. The first-order chi connectivity index (χ1) is 53.0. The molecule has 17 nitrogen and oxygen atoms in total. The Balaban J connectivity index is 0.000000170. The largest absolute Gasteiger partial charge is 0.416 e. The van der Waals surface area contributed by atoms with Gasteiger partial charge in [-0.3, -0.25) is 45.3 Å². The maximum atomic E-state index is 13.2. The maximum Gasteiger partial charge on any atom is 0.416 e. The van der Waals surface area contributed by atoms with Crippen molar-refractivity contribution in [3.05, 3.63) is 221 Å². The normalized spacial score (nSPS) is 14.8. The molecule has 0 saturated carbocycles. The molecule has 7 N–H and O–H groups in total. The third kappa shape index (κ3) is 26.0. The molecule has 3 amide bonds. The number of hydrogen-bond acceptors (Lipinski definition) is 14. The van der Waals surface area contributed by atoms with Crippen molar-refractivity contribution < 1.29 is 67.1 Å². The Labute approximate surface area is 655 Å². The van der Waals surface area contributed by atoms with Crippen LogP contribution in [-0.4, -0.2) is 105 Å². The Hall–Kier alpha value is -10.1. The molecule has 5 aromatic carbocycles. The monoisotopic (exact) mass is 1620 g/mol. The van der Waals surface area contributed by atoms with E-state index in [1.165, 1.54) is 55.4 Å². The Kier molecular flexibility index (Phi) is 30.7. The Morgan fingerprint density at radius 2 is 0.532 bits per heavy atom. The van der Waals surface area contributed by atoms with Gasteiger partial charge < -0.3 is 40.9 Å². The second kappa shape index (κ2) is 40.2. The Morgan fingerprint density at radius 1 is 0.297 bits per heavy atom. The maximum absolute atomic E-state index is 13.2. The van der Waals surface area contributed by atoms with Gasteiger partial charge in [0.2, 0.25) is 0 Å². The van der Waals surface area contributed by atoms with Crippen LogP contribution < -0.4 is 56.8 Å². The number of carbonyl (C=O) groups is 3. The molecule has 4 saturated heterocycles. The van der Waals surface area contributed by atoms with Gasteiger partial charge in [0.1, 0.15) is 4.99 Å². The minimum atomic E-state index is -4.48. The second-order valence-corrected chi connectivity index (χ2v) is 27.7. The number of nitrogens with zero attached hydrogens (tertiary/aromatic N) is 7. The quantitative estimate of drug-likeness (QED) is 0.0452. The lowest BCUT2D eigenvalue weighted by atomic mass is 10.1. The van der Waals surface area contributed by atoms with Gasteiger partial charge in [-0.15, -0.1) is 0 Å². The van der Waals surface area contributed by atoms with Gasteiger partial charge in [-0.25, -0.2) is 0 Å². The average molecular weight is 1620 g/mol. The minimum Gasteiger partial charge on any atom is -0.370 e.